The second-order valence-corrected chi connectivity index (χ2v) is 6.81. The Morgan fingerprint density at radius 1 is 1.04 bits per heavy atom. The van der Waals surface area contributed by atoms with Crippen LogP contribution in [0.3, 0.4) is 0 Å². The summed E-state index contributed by atoms with van der Waals surface area (Å²) >= 11 is 7.25. The van der Waals surface area contributed by atoms with Crippen molar-refractivity contribution in [1.29, 1.82) is 0 Å². The molecule has 1 heterocycles. The summed E-state index contributed by atoms with van der Waals surface area (Å²) in [5.41, 5.74) is 1.05. The van der Waals surface area contributed by atoms with E-state index in [2.05, 4.69) is 6.58 Å². The Labute approximate surface area is 157 Å². The highest BCUT2D eigenvalue weighted by molar-refractivity contribution is 7.09. The van der Waals surface area contributed by atoms with Crippen molar-refractivity contribution in [2.24, 2.45) is 0 Å². The number of rotatable bonds is 9. The van der Waals surface area contributed by atoms with Gasteiger partial charge in [0.15, 0.2) is 0 Å². The maximum Gasteiger partial charge on any atom is 0.242 e. The lowest BCUT2D eigenvalue weighted by Gasteiger charge is -2.26. The van der Waals surface area contributed by atoms with Crippen LogP contribution < -0.4 is 0 Å². The van der Waals surface area contributed by atoms with Crippen molar-refractivity contribution < 1.29 is 9.59 Å². The second-order valence-electron chi connectivity index (χ2n) is 5.51. The first kappa shape index (κ1) is 19.2. The minimum atomic E-state index is -0.272. The van der Waals surface area contributed by atoms with Crippen LogP contribution in [0.2, 0.25) is 0 Å². The lowest BCUT2D eigenvalue weighted by molar-refractivity contribution is -0.139. The van der Waals surface area contributed by atoms with Crippen molar-refractivity contribution in [3.63, 3.8) is 0 Å². The third-order valence-electron chi connectivity index (χ3n) is 3.64. The highest BCUT2D eigenvalue weighted by Gasteiger charge is 2.20. The SMILES string of the molecule is C=CCN(CC(=O)N(Cc1ccccc1)Cc1cccs1)C(=O)CCl. The van der Waals surface area contributed by atoms with Crippen molar-refractivity contribution in [2.45, 2.75) is 13.1 Å². The van der Waals surface area contributed by atoms with E-state index < -0.39 is 0 Å². The number of hydrogen-bond acceptors (Lipinski definition) is 3. The summed E-state index contributed by atoms with van der Waals surface area (Å²) in [7, 11) is 0. The van der Waals surface area contributed by atoms with Gasteiger partial charge in [-0.2, -0.15) is 0 Å². The van der Waals surface area contributed by atoms with Crippen LogP contribution in [0.5, 0.6) is 0 Å². The molecule has 0 aliphatic rings. The van der Waals surface area contributed by atoms with E-state index in [1.807, 2.05) is 47.8 Å². The molecule has 25 heavy (non-hydrogen) atoms. The molecule has 0 N–H and O–H groups in total. The van der Waals surface area contributed by atoms with Gasteiger partial charge in [0.05, 0.1) is 6.54 Å². The molecule has 0 saturated heterocycles. The molecule has 0 fully saturated rings. The van der Waals surface area contributed by atoms with Crippen LogP contribution in [0.25, 0.3) is 0 Å². The highest BCUT2D eigenvalue weighted by Crippen LogP contribution is 2.15. The number of nitrogens with zero attached hydrogens (tertiary/aromatic N) is 2. The first-order valence-corrected chi connectivity index (χ1v) is 9.34. The molecule has 6 heteroatoms. The zero-order valence-electron chi connectivity index (χ0n) is 13.9. The lowest BCUT2D eigenvalue weighted by atomic mass is 10.2. The number of thiophene rings is 1. The predicted molar refractivity (Wildman–Crippen MR) is 103 cm³/mol. The van der Waals surface area contributed by atoms with E-state index in [4.69, 9.17) is 11.6 Å². The van der Waals surface area contributed by atoms with E-state index in [0.717, 1.165) is 10.4 Å². The summed E-state index contributed by atoms with van der Waals surface area (Å²) in [6.45, 7) is 4.95. The highest BCUT2D eigenvalue weighted by atomic mass is 35.5. The Morgan fingerprint density at radius 3 is 2.40 bits per heavy atom. The summed E-state index contributed by atoms with van der Waals surface area (Å²) in [4.78, 5) is 29.0. The number of benzene rings is 1. The minimum Gasteiger partial charge on any atom is -0.332 e. The molecule has 0 aliphatic carbocycles. The molecule has 0 unspecified atom stereocenters. The number of halogens is 1. The van der Waals surface area contributed by atoms with Crippen molar-refractivity contribution in [2.75, 3.05) is 19.0 Å². The average molecular weight is 377 g/mol. The Kier molecular flexibility index (Phi) is 7.70. The smallest absolute Gasteiger partial charge is 0.242 e. The maximum absolute atomic E-state index is 12.8. The molecule has 1 aromatic carbocycles. The van der Waals surface area contributed by atoms with E-state index in [9.17, 15) is 9.59 Å². The number of amides is 2. The van der Waals surface area contributed by atoms with Gasteiger partial charge in [-0.25, -0.2) is 0 Å². The fourth-order valence-electron chi connectivity index (χ4n) is 2.38. The Bertz CT molecular complexity index is 689. The van der Waals surface area contributed by atoms with Crippen LogP contribution in [0.1, 0.15) is 10.4 Å². The molecule has 0 atom stereocenters. The largest absolute Gasteiger partial charge is 0.332 e. The molecule has 4 nitrogen and oxygen atoms in total. The van der Waals surface area contributed by atoms with Gasteiger partial charge in [-0.05, 0) is 17.0 Å². The summed E-state index contributed by atoms with van der Waals surface area (Å²) in [5.74, 6) is -0.534. The molecule has 0 saturated carbocycles. The molecule has 2 amide bonds. The summed E-state index contributed by atoms with van der Waals surface area (Å²) in [6.07, 6.45) is 1.60. The second kappa shape index (κ2) is 10.0. The third-order valence-corrected chi connectivity index (χ3v) is 4.73. The number of alkyl halides is 1. The normalized spacial score (nSPS) is 10.3. The fourth-order valence-corrected chi connectivity index (χ4v) is 3.27. The minimum absolute atomic E-state index is 0.00418. The van der Waals surface area contributed by atoms with Gasteiger partial charge in [0.1, 0.15) is 12.4 Å². The monoisotopic (exact) mass is 376 g/mol. The molecule has 0 spiro atoms. The van der Waals surface area contributed by atoms with Crippen LogP contribution >= 0.6 is 22.9 Å². The van der Waals surface area contributed by atoms with Crippen LogP contribution in [0, 0.1) is 0 Å². The predicted octanol–water partition coefficient (Wildman–Crippen LogP) is 3.53. The molecule has 2 aromatic rings. The van der Waals surface area contributed by atoms with Gasteiger partial charge in [-0.15, -0.1) is 29.5 Å². The Balaban J connectivity index is 2.13. The van der Waals surface area contributed by atoms with Crippen molar-refractivity contribution in [3.8, 4) is 0 Å². The first-order chi connectivity index (χ1) is 12.1. The van der Waals surface area contributed by atoms with E-state index in [-0.39, 0.29) is 24.2 Å². The van der Waals surface area contributed by atoms with Crippen LogP contribution in [-0.4, -0.2) is 40.6 Å². The molecule has 0 aliphatic heterocycles. The number of carbonyl (C=O) groups excluding carboxylic acids is 2. The van der Waals surface area contributed by atoms with Crippen molar-refractivity contribution in [1.82, 2.24) is 9.80 Å². The molecular formula is C19H21ClN2O2S. The summed E-state index contributed by atoms with van der Waals surface area (Å²) in [5, 5.41) is 1.99. The van der Waals surface area contributed by atoms with Gasteiger partial charge in [0, 0.05) is 18.0 Å². The van der Waals surface area contributed by atoms with Gasteiger partial charge in [-0.3, -0.25) is 9.59 Å². The molecule has 1 aromatic heterocycles. The maximum atomic E-state index is 12.8. The molecule has 132 valence electrons. The van der Waals surface area contributed by atoms with Crippen LogP contribution in [0.15, 0.2) is 60.5 Å². The first-order valence-electron chi connectivity index (χ1n) is 7.92. The fraction of sp³-hybridized carbons (Fsp3) is 0.263. The van der Waals surface area contributed by atoms with Gasteiger partial charge >= 0.3 is 0 Å². The summed E-state index contributed by atoms with van der Waals surface area (Å²) < 4.78 is 0. The van der Waals surface area contributed by atoms with E-state index in [1.54, 1.807) is 22.3 Å². The van der Waals surface area contributed by atoms with E-state index >= 15 is 0 Å². The standard InChI is InChI=1S/C19H21ClN2O2S/c1-2-10-21(18(23)12-20)15-19(24)22(14-17-9-6-11-25-17)13-16-7-4-3-5-8-16/h2-9,11H,1,10,12-15H2. The average Bonchev–Trinajstić information content (AvgIpc) is 3.14. The van der Waals surface area contributed by atoms with Gasteiger partial charge in [0.25, 0.3) is 0 Å². The van der Waals surface area contributed by atoms with Crippen LogP contribution in [0.4, 0.5) is 0 Å². The van der Waals surface area contributed by atoms with Crippen LogP contribution in [-0.2, 0) is 22.7 Å². The number of hydrogen-bond donors (Lipinski definition) is 0. The van der Waals surface area contributed by atoms with E-state index in [1.165, 1.54) is 4.90 Å². The lowest BCUT2D eigenvalue weighted by Crippen LogP contribution is -2.43. The zero-order valence-corrected chi connectivity index (χ0v) is 15.5. The number of carbonyl (C=O) groups is 2. The topological polar surface area (TPSA) is 40.6 Å². The van der Waals surface area contributed by atoms with Gasteiger partial charge < -0.3 is 9.80 Å². The Hall–Kier alpha value is -2.11. The Morgan fingerprint density at radius 2 is 1.80 bits per heavy atom. The summed E-state index contributed by atoms with van der Waals surface area (Å²) in [6, 6.07) is 13.8. The van der Waals surface area contributed by atoms with E-state index in [0.29, 0.717) is 19.6 Å². The van der Waals surface area contributed by atoms with Crippen molar-refractivity contribution >= 4 is 34.8 Å². The van der Waals surface area contributed by atoms with Crippen molar-refractivity contribution in [3.05, 3.63) is 70.9 Å². The third kappa shape index (κ3) is 6.03. The molecular weight excluding hydrogens is 356 g/mol. The van der Waals surface area contributed by atoms with Gasteiger partial charge in [0.2, 0.25) is 11.8 Å². The molecule has 0 bridgehead atoms. The van der Waals surface area contributed by atoms with Gasteiger partial charge in [-0.1, -0.05) is 42.5 Å². The molecule has 0 radical (unpaired) electrons. The zero-order chi connectivity index (χ0) is 18.1. The quantitative estimate of drug-likeness (QED) is 0.496. The molecule has 2 rings (SSSR count).